The Morgan fingerprint density at radius 2 is 2.07 bits per heavy atom. The molecule has 2 saturated heterocycles. The van der Waals surface area contributed by atoms with Crippen LogP contribution in [0.4, 0.5) is 0 Å². The van der Waals surface area contributed by atoms with E-state index in [1.165, 1.54) is 32.4 Å². The van der Waals surface area contributed by atoms with Gasteiger partial charge >= 0.3 is 0 Å². The summed E-state index contributed by atoms with van der Waals surface area (Å²) in [7, 11) is 0. The fourth-order valence-corrected chi connectivity index (χ4v) is 2.92. The van der Waals surface area contributed by atoms with Gasteiger partial charge in [-0.25, -0.2) is 0 Å². The first-order chi connectivity index (χ1) is 7.18. The van der Waals surface area contributed by atoms with Crippen LogP contribution in [0.3, 0.4) is 0 Å². The molecule has 2 fully saturated rings. The summed E-state index contributed by atoms with van der Waals surface area (Å²) in [4.78, 5) is 5.73. The lowest BCUT2D eigenvalue weighted by molar-refractivity contribution is 0.210. The first-order valence-corrected chi connectivity index (χ1v) is 6.36. The largest absolute Gasteiger partial charge is 0.392 e. The summed E-state index contributed by atoms with van der Waals surface area (Å²) in [5.41, 5.74) is 5.73. The Balaban J connectivity index is 1.99. The molecule has 2 N–H and O–H groups in total. The fourth-order valence-electron chi connectivity index (χ4n) is 2.77. The van der Waals surface area contributed by atoms with Crippen molar-refractivity contribution in [3.05, 3.63) is 0 Å². The van der Waals surface area contributed by atoms with E-state index >= 15 is 0 Å². The topological polar surface area (TPSA) is 32.5 Å². The van der Waals surface area contributed by atoms with Crippen LogP contribution in [0.25, 0.3) is 0 Å². The summed E-state index contributed by atoms with van der Waals surface area (Å²) in [6, 6.07) is 1.02. The Hall–Kier alpha value is -0.190. The molecule has 3 nitrogen and oxygen atoms in total. The lowest BCUT2D eigenvalue weighted by Gasteiger charge is -2.29. The van der Waals surface area contributed by atoms with E-state index in [1.807, 2.05) is 0 Å². The minimum atomic E-state index is 0.264. The summed E-state index contributed by atoms with van der Waals surface area (Å²) in [5, 5.41) is 0. The Morgan fingerprint density at radius 3 is 2.80 bits per heavy atom. The van der Waals surface area contributed by atoms with E-state index in [9.17, 15) is 0 Å². The lowest BCUT2D eigenvalue weighted by atomic mass is 10.2. The van der Waals surface area contributed by atoms with Crippen LogP contribution in [-0.4, -0.2) is 53.1 Å². The van der Waals surface area contributed by atoms with E-state index < -0.39 is 0 Å². The van der Waals surface area contributed by atoms with Crippen molar-refractivity contribution in [2.24, 2.45) is 5.73 Å². The minimum Gasteiger partial charge on any atom is -0.392 e. The highest BCUT2D eigenvalue weighted by atomic mass is 32.1. The molecule has 2 unspecified atom stereocenters. The number of fused-ring (bicyclic) bond motifs is 1. The summed E-state index contributed by atoms with van der Waals surface area (Å²) in [6.45, 7) is 6.97. The van der Waals surface area contributed by atoms with E-state index in [2.05, 4.69) is 16.7 Å². The van der Waals surface area contributed by atoms with Crippen LogP contribution in [0.15, 0.2) is 0 Å². The maximum absolute atomic E-state index is 5.73. The molecule has 2 aliphatic rings. The molecule has 2 aliphatic heterocycles. The van der Waals surface area contributed by atoms with Gasteiger partial charge in [0.05, 0.1) is 11.0 Å². The smallest absolute Gasteiger partial charge is 0.0899 e. The number of hydrogen-bond acceptors (Lipinski definition) is 3. The van der Waals surface area contributed by atoms with Crippen LogP contribution in [-0.2, 0) is 0 Å². The van der Waals surface area contributed by atoms with Gasteiger partial charge in [0.1, 0.15) is 0 Å². The zero-order valence-corrected chi connectivity index (χ0v) is 10.3. The maximum atomic E-state index is 5.73. The number of nitrogens with zero attached hydrogens (tertiary/aromatic N) is 2. The van der Waals surface area contributed by atoms with Crippen molar-refractivity contribution in [2.45, 2.75) is 38.3 Å². The number of nitrogens with two attached hydrogens (primary N) is 1. The Bertz CT molecular complexity index is 244. The van der Waals surface area contributed by atoms with Crippen molar-refractivity contribution in [3.8, 4) is 0 Å². The van der Waals surface area contributed by atoms with Gasteiger partial charge < -0.3 is 5.73 Å². The number of rotatable bonds is 2. The highest BCUT2D eigenvalue weighted by Crippen LogP contribution is 2.22. The molecule has 0 amide bonds. The van der Waals surface area contributed by atoms with Gasteiger partial charge in [0.2, 0.25) is 0 Å². The predicted molar refractivity (Wildman–Crippen MR) is 67.0 cm³/mol. The van der Waals surface area contributed by atoms with Crippen LogP contribution in [0.2, 0.25) is 0 Å². The molecule has 0 aromatic rings. The molecular weight excluding hydrogens is 206 g/mol. The van der Waals surface area contributed by atoms with E-state index in [-0.39, 0.29) is 6.04 Å². The Morgan fingerprint density at radius 1 is 1.33 bits per heavy atom. The molecular formula is C11H21N3S. The molecule has 0 spiro atoms. The van der Waals surface area contributed by atoms with Crippen molar-refractivity contribution >= 4 is 17.2 Å². The zero-order valence-electron chi connectivity index (χ0n) is 9.48. The van der Waals surface area contributed by atoms with Gasteiger partial charge in [-0.3, -0.25) is 9.80 Å². The van der Waals surface area contributed by atoms with Crippen LogP contribution >= 0.6 is 12.2 Å². The summed E-state index contributed by atoms with van der Waals surface area (Å²) >= 11 is 5.09. The Kier molecular flexibility index (Phi) is 3.59. The van der Waals surface area contributed by atoms with Gasteiger partial charge in [-0.2, -0.15) is 0 Å². The third-order valence-electron chi connectivity index (χ3n) is 3.79. The van der Waals surface area contributed by atoms with Crippen molar-refractivity contribution in [1.29, 1.82) is 0 Å². The van der Waals surface area contributed by atoms with Gasteiger partial charge in [0.25, 0.3) is 0 Å². The molecule has 2 rings (SSSR count). The highest BCUT2D eigenvalue weighted by Gasteiger charge is 2.30. The maximum Gasteiger partial charge on any atom is 0.0899 e. The molecule has 0 aliphatic carbocycles. The highest BCUT2D eigenvalue weighted by molar-refractivity contribution is 7.80. The quantitative estimate of drug-likeness (QED) is 0.708. The molecule has 0 radical (unpaired) electrons. The second kappa shape index (κ2) is 4.76. The molecule has 2 heterocycles. The number of hydrogen-bond donors (Lipinski definition) is 1. The molecule has 2 atom stereocenters. The zero-order chi connectivity index (χ0) is 10.8. The van der Waals surface area contributed by atoms with Crippen molar-refractivity contribution in [3.63, 3.8) is 0 Å². The minimum absolute atomic E-state index is 0.264. The molecule has 0 aromatic carbocycles. The SMILES string of the molecule is CC(C(N)=S)N1CCCN2CCCC2C1. The summed E-state index contributed by atoms with van der Waals surface area (Å²) in [6.07, 6.45) is 3.96. The standard InChI is InChI=1S/C11H21N3S/c1-9(11(12)15)14-7-3-6-13-5-2-4-10(13)8-14/h9-10H,2-8H2,1H3,(H2,12,15). The van der Waals surface area contributed by atoms with Gasteiger partial charge in [0.15, 0.2) is 0 Å². The second-order valence-corrected chi connectivity index (χ2v) is 5.23. The van der Waals surface area contributed by atoms with E-state index in [0.29, 0.717) is 4.99 Å². The van der Waals surface area contributed by atoms with Crippen LogP contribution in [0.1, 0.15) is 26.2 Å². The molecule has 0 saturated carbocycles. The van der Waals surface area contributed by atoms with E-state index in [1.54, 1.807) is 0 Å². The van der Waals surface area contributed by atoms with E-state index in [0.717, 1.165) is 19.1 Å². The average molecular weight is 227 g/mol. The number of thiocarbonyl (C=S) groups is 1. The normalized spacial score (nSPS) is 30.9. The van der Waals surface area contributed by atoms with E-state index in [4.69, 9.17) is 18.0 Å². The average Bonchev–Trinajstić information content (AvgIpc) is 2.54. The van der Waals surface area contributed by atoms with Crippen molar-refractivity contribution in [2.75, 3.05) is 26.2 Å². The third-order valence-corrected chi connectivity index (χ3v) is 4.14. The molecule has 0 aromatic heterocycles. The second-order valence-electron chi connectivity index (χ2n) is 4.76. The van der Waals surface area contributed by atoms with Gasteiger partial charge in [-0.15, -0.1) is 0 Å². The predicted octanol–water partition coefficient (Wildman–Crippen LogP) is 0.831. The van der Waals surface area contributed by atoms with Crippen LogP contribution in [0.5, 0.6) is 0 Å². The summed E-state index contributed by atoms with van der Waals surface area (Å²) in [5.74, 6) is 0. The molecule has 0 bridgehead atoms. The molecule has 86 valence electrons. The lowest BCUT2D eigenvalue weighted by Crippen LogP contribution is -2.45. The summed E-state index contributed by atoms with van der Waals surface area (Å²) < 4.78 is 0. The Labute approximate surface area is 97.6 Å². The fraction of sp³-hybridized carbons (Fsp3) is 0.909. The first kappa shape index (κ1) is 11.3. The van der Waals surface area contributed by atoms with Gasteiger partial charge in [0, 0.05) is 19.1 Å². The van der Waals surface area contributed by atoms with Gasteiger partial charge in [-0.05, 0) is 39.3 Å². The van der Waals surface area contributed by atoms with Gasteiger partial charge in [-0.1, -0.05) is 12.2 Å². The first-order valence-electron chi connectivity index (χ1n) is 5.96. The monoisotopic (exact) mass is 227 g/mol. The van der Waals surface area contributed by atoms with Crippen LogP contribution < -0.4 is 5.73 Å². The third kappa shape index (κ3) is 2.49. The molecule has 4 heteroatoms. The van der Waals surface area contributed by atoms with Crippen molar-refractivity contribution < 1.29 is 0 Å². The molecule has 15 heavy (non-hydrogen) atoms. The van der Waals surface area contributed by atoms with Crippen molar-refractivity contribution in [1.82, 2.24) is 9.80 Å². The van der Waals surface area contributed by atoms with Crippen LogP contribution in [0, 0.1) is 0 Å².